The Bertz CT molecular complexity index is 1060. The summed E-state index contributed by atoms with van der Waals surface area (Å²) >= 11 is 3.66. The first kappa shape index (κ1) is 23.3. The van der Waals surface area contributed by atoms with Crippen molar-refractivity contribution in [3.8, 4) is 5.75 Å². The van der Waals surface area contributed by atoms with Crippen LogP contribution in [0.5, 0.6) is 5.75 Å². The SMILES string of the molecule is C=CCn1c(Cc2ccc(OC)cc2)nnc1SCC(=O)Nc1c(C)cc(I)cc1C. The number of thioether (sulfide) groups is 1. The number of methoxy groups -OCH3 is 1. The van der Waals surface area contributed by atoms with Crippen molar-refractivity contribution in [2.75, 3.05) is 18.2 Å². The van der Waals surface area contributed by atoms with Crippen molar-refractivity contribution in [3.63, 3.8) is 0 Å². The van der Waals surface area contributed by atoms with Crippen LogP contribution in [-0.4, -0.2) is 33.5 Å². The van der Waals surface area contributed by atoms with Crippen molar-refractivity contribution in [2.24, 2.45) is 0 Å². The highest BCUT2D eigenvalue weighted by Crippen LogP contribution is 2.24. The third kappa shape index (κ3) is 6.10. The molecule has 2 aromatic carbocycles. The first-order chi connectivity index (χ1) is 14.9. The van der Waals surface area contributed by atoms with E-state index >= 15 is 0 Å². The van der Waals surface area contributed by atoms with Crippen molar-refractivity contribution in [3.05, 3.63) is 75.1 Å². The molecule has 1 aromatic heterocycles. The van der Waals surface area contributed by atoms with Crippen LogP contribution in [0.25, 0.3) is 0 Å². The Morgan fingerprint density at radius 2 is 1.90 bits per heavy atom. The van der Waals surface area contributed by atoms with Gasteiger partial charge in [-0.3, -0.25) is 4.79 Å². The molecule has 0 fully saturated rings. The van der Waals surface area contributed by atoms with E-state index in [1.807, 2.05) is 48.8 Å². The Morgan fingerprint density at radius 1 is 1.23 bits per heavy atom. The zero-order valence-electron chi connectivity index (χ0n) is 17.8. The van der Waals surface area contributed by atoms with Crippen LogP contribution >= 0.6 is 34.4 Å². The predicted octanol–water partition coefficient (Wildman–Crippen LogP) is 5.02. The lowest BCUT2D eigenvalue weighted by atomic mass is 10.1. The van der Waals surface area contributed by atoms with Gasteiger partial charge in [0.05, 0.1) is 12.9 Å². The summed E-state index contributed by atoms with van der Waals surface area (Å²) < 4.78 is 8.37. The minimum Gasteiger partial charge on any atom is -0.497 e. The molecule has 0 spiro atoms. The minimum absolute atomic E-state index is 0.0673. The van der Waals surface area contributed by atoms with Gasteiger partial charge >= 0.3 is 0 Å². The highest BCUT2D eigenvalue weighted by atomic mass is 127. The Labute approximate surface area is 200 Å². The molecular formula is C23H25IN4O2S. The van der Waals surface area contributed by atoms with Crippen LogP contribution in [0.4, 0.5) is 5.69 Å². The summed E-state index contributed by atoms with van der Waals surface area (Å²) in [5.74, 6) is 1.83. The van der Waals surface area contributed by atoms with Crippen LogP contribution in [-0.2, 0) is 17.8 Å². The second kappa shape index (κ2) is 10.8. The van der Waals surface area contributed by atoms with Gasteiger partial charge in [-0.15, -0.1) is 16.8 Å². The molecule has 0 aliphatic heterocycles. The standard InChI is InChI=1S/C23H25IN4O2S/c1-5-10-28-20(13-17-6-8-19(30-4)9-7-17)26-27-23(28)31-14-21(29)25-22-15(2)11-18(24)12-16(22)3/h5-9,11-12H,1,10,13-14H2,2-4H3,(H,25,29). The molecule has 0 bridgehead atoms. The van der Waals surface area contributed by atoms with Gasteiger partial charge in [0.2, 0.25) is 5.91 Å². The highest BCUT2D eigenvalue weighted by Gasteiger charge is 2.15. The van der Waals surface area contributed by atoms with Crippen molar-refractivity contribution in [1.82, 2.24) is 14.8 Å². The molecule has 6 nitrogen and oxygen atoms in total. The monoisotopic (exact) mass is 548 g/mol. The number of ether oxygens (including phenoxy) is 1. The number of rotatable bonds is 9. The van der Waals surface area contributed by atoms with E-state index in [9.17, 15) is 4.79 Å². The second-order valence-corrected chi connectivity index (χ2v) is 9.26. The Balaban J connectivity index is 1.68. The molecule has 0 atom stereocenters. The Hall–Kier alpha value is -2.33. The summed E-state index contributed by atoms with van der Waals surface area (Å²) in [7, 11) is 1.65. The van der Waals surface area contributed by atoms with Crippen LogP contribution in [0.1, 0.15) is 22.5 Å². The largest absolute Gasteiger partial charge is 0.497 e. The molecule has 0 radical (unpaired) electrons. The molecule has 1 amide bonds. The number of amides is 1. The van der Waals surface area contributed by atoms with Crippen LogP contribution < -0.4 is 10.1 Å². The smallest absolute Gasteiger partial charge is 0.234 e. The molecule has 162 valence electrons. The number of carbonyl (C=O) groups excluding carboxylic acids is 1. The van der Waals surface area contributed by atoms with Gasteiger partial charge in [-0.2, -0.15) is 0 Å². The van der Waals surface area contributed by atoms with E-state index in [0.29, 0.717) is 18.1 Å². The lowest BCUT2D eigenvalue weighted by Gasteiger charge is -2.12. The molecular weight excluding hydrogens is 523 g/mol. The third-order valence-corrected chi connectivity index (χ3v) is 6.31. The first-order valence-corrected chi connectivity index (χ1v) is 11.8. The Morgan fingerprint density at radius 3 is 2.52 bits per heavy atom. The molecule has 0 aliphatic rings. The number of nitrogens with zero attached hydrogens (tertiary/aromatic N) is 3. The van der Waals surface area contributed by atoms with Gasteiger partial charge in [-0.1, -0.05) is 30.0 Å². The minimum atomic E-state index is -0.0673. The number of nitrogens with one attached hydrogen (secondary N) is 1. The number of halogens is 1. The average molecular weight is 548 g/mol. The van der Waals surface area contributed by atoms with Gasteiger partial charge in [0.25, 0.3) is 0 Å². The molecule has 1 N–H and O–H groups in total. The summed E-state index contributed by atoms with van der Waals surface area (Å²) in [5.41, 5.74) is 4.09. The van der Waals surface area contributed by atoms with Crippen LogP contribution in [0.2, 0.25) is 0 Å². The highest BCUT2D eigenvalue weighted by molar-refractivity contribution is 14.1. The van der Waals surface area contributed by atoms with Crippen LogP contribution in [0.15, 0.2) is 54.2 Å². The number of hydrogen-bond donors (Lipinski definition) is 1. The van der Waals surface area contributed by atoms with Gasteiger partial charge in [0.1, 0.15) is 11.6 Å². The third-order valence-electron chi connectivity index (χ3n) is 4.72. The van der Waals surface area contributed by atoms with Gasteiger partial charge in [-0.25, -0.2) is 0 Å². The zero-order valence-corrected chi connectivity index (χ0v) is 20.8. The van der Waals surface area contributed by atoms with Gasteiger partial charge in [0, 0.05) is 22.2 Å². The number of anilines is 1. The number of carbonyl (C=O) groups is 1. The molecule has 0 saturated heterocycles. The fourth-order valence-electron chi connectivity index (χ4n) is 3.21. The quantitative estimate of drug-likeness (QED) is 0.231. The van der Waals surface area contributed by atoms with Crippen LogP contribution in [0, 0.1) is 17.4 Å². The van der Waals surface area contributed by atoms with E-state index < -0.39 is 0 Å². The van der Waals surface area contributed by atoms with E-state index in [-0.39, 0.29) is 11.7 Å². The first-order valence-electron chi connectivity index (χ1n) is 9.76. The lowest BCUT2D eigenvalue weighted by Crippen LogP contribution is -2.16. The van der Waals surface area contributed by atoms with Crippen LogP contribution in [0.3, 0.4) is 0 Å². The fraction of sp³-hybridized carbons (Fsp3) is 0.261. The summed E-state index contributed by atoms with van der Waals surface area (Å²) in [6.07, 6.45) is 2.45. The van der Waals surface area contributed by atoms with Crippen molar-refractivity contribution >= 4 is 45.9 Å². The molecule has 8 heteroatoms. The van der Waals surface area contributed by atoms with E-state index in [0.717, 1.165) is 37.5 Å². The predicted molar refractivity (Wildman–Crippen MR) is 134 cm³/mol. The second-order valence-electron chi connectivity index (χ2n) is 7.07. The zero-order chi connectivity index (χ0) is 22.4. The fourth-order valence-corrected chi connectivity index (χ4v) is 4.91. The van der Waals surface area contributed by atoms with Gasteiger partial charge < -0.3 is 14.6 Å². The number of allylic oxidation sites excluding steroid dienone is 1. The van der Waals surface area contributed by atoms with E-state index in [1.54, 1.807) is 7.11 Å². The molecule has 31 heavy (non-hydrogen) atoms. The number of aryl methyl sites for hydroxylation is 2. The topological polar surface area (TPSA) is 69.0 Å². The molecule has 3 rings (SSSR count). The van der Waals surface area contributed by atoms with Gasteiger partial charge in [-0.05, 0) is 77.4 Å². The summed E-state index contributed by atoms with van der Waals surface area (Å²) in [4.78, 5) is 12.6. The normalized spacial score (nSPS) is 10.7. The molecule has 0 unspecified atom stereocenters. The number of aromatic nitrogens is 3. The number of benzene rings is 2. The van der Waals surface area contributed by atoms with Gasteiger partial charge in [0.15, 0.2) is 5.16 Å². The van der Waals surface area contributed by atoms with Crippen molar-refractivity contribution in [1.29, 1.82) is 0 Å². The summed E-state index contributed by atoms with van der Waals surface area (Å²) in [6.45, 7) is 8.43. The van der Waals surface area contributed by atoms with E-state index in [2.05, 4.69) is 56.8 Å². The number of hydrogen-bond acceptors (Lipinski definition) is 5. The van der Waals surface area contributed by atoms with E-state index in [4.69, 9.17) is 4.74 Å². The maximum atomic E-state index is 12.6. The molecule has 3 aromatic rings. The maximum Gasteiger partial charge on any atom is 0.234 e. The summed E-state index contributed by atoms with van der Waals surface area (Å²) in [5, 5.41) is 12.4. The Kier molecular flexibility index (Phi) is 8.14. The lowest BCUT2D eigenvalue weighted by molar-refractivity contribution is -0.113. The molecule has 1 heterocycles. The maximum absolute atomic E-state index is 12.6. The van der Waals surface area contributed by atoms with Crippen molar-refractivity contribution in [2.45, 2.75) is 32.0 Å². The summed E-state index contributed by atoms with van der Waals surface area (Å²) in [6, 6.07) is 12.0. The average Bonchev–Trinajstić information content (AvgIpc) is 3.11. The molecule has 0 aliphatic carbocycles. The molecule has 0 saturated carbocycles. The van der Waals surface area contributed by atoms with E-state index in [1.165, 1.54) is 11.8 Å². The van der Waals surface area contributed by atoms with Crippen molar-refractivity contribution < 1.29 is 9.53 Å².